The number of hydrogen-bond donors (Lipinski definition) is 5. The molecule has 2 aliphatic heterocycles. The Morgan fingerprint density at radius 2 is 1.64 bits per heavy atom. The quantitative estimate of drug-likeness (QED) is 0.163. The Morgan fingerprint density at radius 3 is 2.29 bits per heavy atom. The molecule has 7 rings (SSSR count). The number of Topliss-reactive ketones (excluding diaryl/α,β-unsaturated/α-hetero) is 1. The van der Waals surface area contributed by atoms with Crippen molar-refractivity contribution in [2.75, 3.05) is 6.54 Å². The van der Waals surface area contributed by atoms with Gasteiger partial charge in [0, 0.05) is 78.0 Å². The lowest BCUT2D eigenvalue weighted by Crippen LogP contribution is -2.57. The highest BCUT2D eigenvalue weighted by atomic mass is 16.7. The molecular weight excluding hydrogens is 724 g/mol. The highest BCUT2D eigenvalue weighted by Crippen LogP contribution is 2.52. The molecule has 0 saturated carbocycles. The third kappa shape index (κ3) is 6.73. The molecule has 3 heterocycles. The van der Waals surface area contributed by atoms with Crippen LogP contribution in [0.15, 0.2) is 48.8 Å². The number of phenolic OH excluding ortho intramolecular Hbond substituents is 2. The summed E-state index contributed by atoms with van der Waals surface area (Å²) in [7, 11) is 0. The molecule has 56 heavy (non-hydrogen) atoms. The second-order valence-electron chi connectivity index (χ2n) is 15.2. The number of carbonyl (C=O) groups is 6. The van der Waals surface area contributed by atoms with Gasteiger partial charge in [0.2, 0.25) is 11.8 Å². The molecule has 15 nitrogen and oxygen atoms in total. The Balaban J connectivity index is 1.11. The van der Waals surface area contributed by atoms with E-state index < -0.39 is 100 Å². The van der Waals surface area contributed by atoms with E-state index in [9.17, 15) is 44.1 Å². The molecular formula is C41H44N4O11. The van der Waals surface area contributed by atoms with E-state index >= 15 is 0 Å². The van der Waals surface area contributed by atoms with Crippen molar-refractivity contribution in [3.8, 4) is 11.5 Å². The van der Waals surface area contributed by atoms with Gasteiger partial charge in [-0.05, 0) is 45.7 Å². The van der Waals surface area contributed by atoms with Gasteiger partial charge in [0.15, 0.2) is 23.6 Å². The zero-order valence-corrected chi connectivity index (χ0v) is 31.4. The van der Waals surface area contributed by atoms with E-state index in [0.29, 0.717) is 24.9 Å². The van der Waals surface area contributed by atoms with Crippen molar-refractivity contribution in [3.05, 3.63) is 87.7 Å². The maximum absolute atomic E-state index is 13.9. The standard InChI is InChI=1S/C41H44N4O11/c1-19-21(3)55-30(16-27(19)44-39(52)28-10-7-15-45(28)40(53)20(2)43-38(51)23-11-13-42-14-12-23)56-29-18-41(54,22(4)46)17-26-31(29)37(50)33-32(36(26)49)34(47)24-8-5-6-9-25(24)35(33)48/h5-6,8-9,11-14,19-21,27-30,49-50,54H,7,10,15-18H2,1-4H3,(H,43,51)(H,44,52)/t19-,20-,21+,27+,28+,29+,30+,41+/m1/s1. The summed E-state index contributed by atoms with van der Waals surface area (Å²) in [6.07, 6.45) is 0.365. The Hall–Kier alpha value is -5.51. The fourth-order valence-corrected chi connectivity index (χ4v) is 8.37. The van der Waals surface area contributed by atoms with Crippen LogP contribution in [0.3, 0.4) is 0 Å². The van der Waals surface area contributed by atoms with Gasteiger partial charge in [0.1, 0.15) is 29.2 Å². The number of ether oxygens (including phenoxy) is 2. The monoisotopic (exact) mass is 768 g/mol. The molecule has 0 radical (unpaired) electrons. The molecule has 15 heteroatoms. The summed E-state index contributed by atoms with van der Waals surface area (Å²) in [6.45, 7) is 6.76. The van der Waals surface area contributed by atoms with Crippen molar-refractivity contribution in [1.82, 2.24) is 20.5 Å². The zero-order valence-electron chi connectivity index (χ0n) is 31.4. The third-order valence-corrected chi connectivity index (χ3v) is 11.8. The number of fused-ring (bicyclic) bond motifs is 3. The number of aromatic hydroxyl groups is 2. The van der Waals surface area contributed by atoms with E-state index in [1.54, 1.807) is 26.0 Å². The molecule has 0 unspecified atom stereocenters. The number of pyridine rings is 1. The lowest BCUT2D eigenvalue weighted by Gasteiger charge is -2.43. The summed E-state index contributed by atoms with van der Waals surface area (Å²) in [4.78, 5) is 85.6. The minimum atomic E-state index is -2.07. The predicted molar refractivity (Wildman–Crippen MR) is 197 cm³/mol. The van der Waals surface area contributed by atoms with Crippen LogP contribution < -0.4 is 10.6 Å². The average molecular weight is 769 g/mol. The van der Waals surface area contributed by atoms with Crippen molar-refractivity contribution in [1.29, 1.82) is 0 Å². The molecule has 294 valence electrons. The van der Waals surface area contributed by atoms with Crippen molar-refractivity contribution >= 4 is 35.1 Å². The summed E-state index contributed by atoms with van der Waals surface area (Å²) in [5.74, 6) is -4.71. The number of benzene rings is 2. The highest BCUT2D eigenvalue weighted by molar-refractivity contribution is 6.30. The molecule has 0 bridgehead atoms. The molecule has 0 spiro atoms. The molecule has 2 aromatic carbocycles. The van der Waals surface area contributed by atoms with Crippen molar-refractivity contribution in [2.45, 2.75) is 102 Å². The van der Waals surface area contributed by atoms with E-state index in [2.05, 4.69) is 15.6 Å². The number of aromatic nitrogens is 1. The average Bonchev–Trinajstić information content (AvgIpc) is 3.67. The number of likely N-dealkylation sites (tertiary alicyclic amines) is 1. The lowest BCUT2D eigenvalue weighted by atomic mass is 9.72. The van der Waals surface area contributed by atoms with Gasteiger partial charge in [-0.1, -0.05) is 31.2 Å². The van der Waals surface area contributed by atoms with Gasteiger partial charge in [0.25, 0.3) is 5.91 Å². The number of carbonyl (C=O) groups excluding carboxylic acids is 6. The van der Waals surface area contributed by atoms with Crippen LogP contribution in [-0.4, -0.2) is 103 Å². The number of nitrogens with zero attached hydrogens (tertiary/aromatic N) is 2. The summed E-state index contributed by atoms with van der Waals surface area (Å²) >= 11 is 0. The molecule has 2 fully saturated rings. The van der Waals surface area contributed by atoms with Gasteiger partial charge in [-0.3, -0.25) is 33.8 Å². The van der Waals surface area contributed by atoms with Gasteiger partial charge in [-0.25, -0.2) is 0 Å². The summed E-state index contributed by atoms with van der Waals surface area (Å²) < 4.78 is 12.6. The van der Waals surface area contributed by atoms with E-state index in [0.717, 1.165) is 0 Å². The minimum absolute atomic E-state index is 0.0456. The van der Waals surface area contributed by atoms with Crippen LogP contribution in [0.2, 0.25) is 0 Å². The van der Waals surface area contributed by atoms with Crippen LogP contribution in [0.5, 0.6) is 11.5 Å². The summed E-state index contributed by atoms with van der Waals surface area (Å²) in [5.41, 5.74) is -2.59. The molecule has 3 aromatic rings. The van der Waals surface area contributed by atoms with E-state index in [1.807, 2.05) is 6.92 Å². The third-order valence-electron chi connectivity index (χ3n) is 11.8. The molecule has 1 aromatic heterocycles. The Morgan fingerprint density at radius 1 is 1.00 bits per heavy atom. The zero-order chi connectivity index (χ0) is 40.2. The molecule has 2 aliphatic carbocycles. The van der Waals surface area contributed by atoms with E-state index in [1.165, 1.54) is 48.5 Å². The molecule has 3 amide bonds. The Kier molecular flexibility index (Phi) is 10.3. The molecule has 5 N–H and O–H groups in total. The predicted octanol–water partition coefficient (Wildman–Crippen LogP) is 2.66. The van der Waals surface area contributed by atoms with Gasteiger partial charge < -0.3 is 40.3 Å². The van der Waals surface area contributed by atoms with Crippen LogP contribution in [0.1, 0.15) is 113 Å². The number of nitrogens with one attached hydrogen (secondary N) is 2. The second-order valence-corrected chi connectivity index (χ2v) is 15.2. The number of ketones is 3. The SMILES string of the molecule is CC(=O)[C@]1(O)Cc2c(O)c3c(c(O)c2[C@@H](O[C@H]2C[C@H](NC(=O)[C@@H]4CCCN4C(=O)[C@@H](C)NC(=O)c4ccncc4)[C@H](C)[C@H](C)O2)C1)C(=O)c1ccccc1C3=O. The topological polar surface area (TPSA) is 222 Å². The maximum Gasteiger partial charge on any atom is 0.252 e. The second kappa shape index (κ2) is 14.9. The highest BCUT2D eigenvalue weighted by Gasteiger charge is 2.49. The number of hydrogen-bond acceptors (Lipinski definition) is 12. The largest absolute Gasteiger partial charge is 0.507 e. The fourth-order valence-electron chi connectivity index (χ4n) is 8.37. The molecule has 8 atom stereocenters. The van der Waals surface area contributed by atoms with Gasteiger partial charge in [-0.2, -0.15) is 0 Å². The van der Waals surface area contributed by atoms with Crippen LogP contribution in [0.25, 0.3) is 0 Å². The fraction of sp³-hybridized carbons (Fsp3) is 0.439. The van der Waals surface area contributed by atoms with Crippen LogP contribution >= 0.6 is 0 Å². The van der Waals surface area contributed by atoms with Crippen LogP contribution in [-0.2, 0) is 30.3 Å². The van der Waals surface area contributed by atoms with Crippen molar-refractivity contribution in [3.63, 3.8) is 0 Å². The normalized spacial score (nSPS) is 27.4. The Bertz CT molecular complexity index is 2140. The maximum atomic E-state index is 13.9. The minimum Gasteiger partial charge on any atom is -0.507 e. The summed E-state index contributed by atoms with van der Waals surface area (Å²) in [5, 5.41) is 40.6. The van der Waals surface area contributed by atoms with Crippen molar-refractivity contribution < 1.29 is 53.6 Å². The first-order valence-corrected chi connectivity index (χ1v) is 18.8. The number of aliphatic hydroxyl groups is 1. The number of phenols is 2. The molecule has 2 saturated heterocycles. The van der Waals surface area contributed by atoms with Crippen LogP contribution in [0, 0.1) is 5.92 Å². The smallest absolute Gasteiger partial charge is 0.252 e. The molecule has 4 aliphatic rings. The van der Waals surface area contributed by atoms with Crippen molar-refractivity contribution in [2.24, 2.45) is 5.92 Å². The lowest BCUT2D eigenvalue weighted by molar-refractivity contribution is -0.238. The van der Waals surface area contributed by atoms with Gasteiger partial charge in [0.05, 0.1) is 23.3 Å². The number of rotatable bonds is 8. The Labute approximate surface area is 322 Å². The van der Waals surface area contributed by atoms with Crippen LogP contribution in [0.4, 0.5) is 0 Å². The van der Waals surface area contributed by atoms with E-state index in [4.69, 9.17) is 9.47 Å². The number of amides is 3. The van der Waals surface area contributed by atoms with E-state index in [-0.39, 0.29) is 46.9 Å². The first kappa shape index (κ1) is 38.8. The van der Waals surface area contributed by atoms with Gasteiger partial charge >= 0.3 is 0 Å². The van der Waals surface area contributed by atoms with Gasteiger partial charge in [-0.15, -0.1) is 0 Å². The first-order valence-electron chi connectivity index (χ1n) is 18.8. The first-order chi connectivity index (χ1) is 26.6. The summed E-state index contributed by atoms with van der Waals surface area (Å²) in [6, 6.07) is 6.88.